The third-order valence-electron chi connectivity index (χ3n) is 2.81. The number of rotatable bonds is 7. The van der Waals surface area contributed by atoms with E-state index in [1.165, 1.54) is 0 Å². The molecule has 0 aromatic carbocycles. The maximum atomic E-state index is 11.6. The Balaban J connectivity index is 4.45. The number of nitrogens with one attached hydrogen (secondary N) is 1. The zero-order valence-corrected chi connectivity index (χ0v) is 11.1. The van der Waals surface area contributed by atoms with Crippen LogP contribution in [-0.4, -0.2) is 29.1 Å². The van der Waals surface area contributed by atoms with Crippen molar-refractivity contribution in [1.29, 1.82) is 0 Å². The number of hydrogen-bond donors (Lipinski definition) is 3. The molecule has 5 heteroatoms. The number of hydrogen-bond acceptors (Lipinski definition) is 3. The van der Waals surface area contributed by atoms with Crippen LogP contribution >= 0.6 is 0 Å². The van der Waals surface area contributed by atoms with Crippen molar-refractivity contribution in [3.63, 3.8) is 0 Å². The van der Waals surface area contributed by atoms with Crippen molar-refractivity contribution in [2.24, 2.45) is 17.6 Å². The van der Waals surface area contributed by atoms with Crippen LogP contribution in [0.4, 0.5) is 0 Å². The molecule has 0 aliphatic carbocycles. The molecule has 0 rings (SSSR count). The average molecular weight is 244 g/mol. The van der Waals surface area contributed by atoms with Crippen LogP contribution in [0.2, 0.25) is 0 Å². The Hall–Kier alpha value is -1.10. The van der Waals surface area contributed by atoms with Gasteiger partial charge in [0.1, 0.15) is 12.1 Å². The molecule has 100 valence electrons. The van der Waals surface area contributed by atoms with Crippen LogP contribution in [0, 0.1) is 11.8 Å². The molecule has 0 aliphatic heterocycles. The third-order valence-corrected chi connectivity index (χ3v) is 2.81. The van der Waals surface area contributed by atoms with E-state index in [9.17, 15) is 14.7 Å². The molecule has 0 aliphatic rings. The van der Waals surface area contributed by atoms with Gasteiger partial charge in [0.05, 0.1) is 0 Å². The highest BCUT2D eigenvalue weighted by Crippen LogP contribution is 2.09. The summed E-state index contributed by atoms with van der Waals surface area (Å²) in [5.41, 5.74) is 5.23. The van der Waals surface area contributed by atoms with Gasteiger partial charge in [0.15, 0.2) is 0 Å². The minimum atomic E-state index is -1.08. The number of primary amides is 1. The molecule has 0 fully saturated rings. The van der Waals surface area contributed by atoms with Gasteiger partial charge >= 0.3 is 0 Å². The lowest BCUT2D eigenvalue weighted by Crippen LogP contribution is -2.51. The maximum absolute atomic E-state index is 11.6. The van der Waals surface area contributed by atoms with Crippen molar-refractivity contribution in [2.45, 2.75) is 52.7 Å². The van der Waals surface area contributed by atoms with E-state index in [0.29, 0.717) is 6.42 Å². The summed E-state index contributed by atoms with van der Waals surface area (Å²) in [6, 6.07) is -0.714. The molecule has 2 amide bonds. The van der Waals surface area contributed by atoms with Crippen LogP contribution in [0.1, 0.15) is 40.5 Å². The van der Waals surface area contributed by atoms with Gasteiger partial charge in [0.2, 0.25) is 11.8 Å². The minimum absolute atomic E-state index is 0.0392. The maximum Gasteiger partial charge on any atom is 0.249 e. The SMILES string of the molecule is CC[C@H](C)[C@H](NC(=O)[C@H](O)CC(C)C)C(N)=O. The second-order valence-corrected chi connectivity index (χ2v) is 4.92. The molecule has 5 nitrogen and oxygen atoms in total. The molecule has 4 N–H and O–H groups in total. The molecule has 0 spiro atoms. The Morgan fingerprint density at radius 2 is 1.82 bits per heavy atom. The topological polar surface area (TPSA) is 92.4 Å². The minimum Gasteiger partial charge on any atom is -0.383 e. The summed E-state index contributed by atoms with van der Waals surface area (Å²) in [5, 5.41) is 12.1. The van der Waals surface area contributed by atoms with E-state index < -0.39 is 24.0 Å². The van der Waals surface area contributed by atoms with Gasteiger partial charge in [0.25, 0.3) is 0 Å². The van der Waals surface area contributed by atoms with Gasteiger partial charge in [-0.05, 0) is 18.3 Å². The first kappa shape index (κ1) is 15.9. The van der Waals surface area contributed by atoms with Crippen molar-refractivity contribution in [3.05, 3.63) is 0 Å². The van der Waals surface area contributed by atoms with Crippen molar-refractivity contribution in [2.75, 3.05) is 0 Å². The predicted molar refractivity (Wildman–Crippen MR) is 66.0 cm³/mol. The standard InChI is InChI=1S/C12H24N2O3/c1-5-8(4)10(11(13)16)14-12(17)9(15)6-7(2)3/h7-10,15H,5-6H2,1-4H3,(H2,13,16)(H,14,17)/t8-,9+,10-/m0/s1. The number of aliphatic hydroxyl groups is 1. The molecule has 0 heterocycles. The molecule has 3 atom stereocenters. The zero-order valence-electron chi connectivity index (χ0n) is 11.1. The highest BCUT2D eigenvalue weighted by molar-refractivity contribution is 5.88. The summed E-state index contributed by atoms with van der Waals surface area (Å²) in [4.78, 5) is 22.9. The van der Waals surface area contributed by atoms with Gasteiger partial charge < -0.3 is 16.2 Å². The molecular weight excluding hydrogens is 220 g/mol. The third kappa shape index (κ3) is 5.68. The Morgan fingerprint density at radius 3 is 2.18 bits per heavy atom. The highest BCUT2D eigenvalue weighted by Gasteiger charge is 2.26. The van der Waals surface area contributed by atoms with E-state index in [1.807, 2.05) is 27.7 Å². The molecule has 0 unspecified atom stereocenters. The lowest BCUT2D eigenvalue weighted by atomic mass is 9.97. The van der Waals surface area contributed by atoms with Crippen LogP contribution in [0.15, 0.2) is 0 Å². The molecule has 0 aromatic heterocycles. The van der Waals surface area contributed by atoms with E-state index >= 15 is 0 Å². The van der Waals surface area contributed by atoms with Gasteiger partial charge in [-0.1, -0.05) is 34.1 Å². The van der Waals surface area contributed by atoms with E-state index in [-0.39, 0.29) is 11.8 Å². The average Bonchev–Trinajstić information content (AvgIpc) is 2.22. The van der Waals surface area contributed by atoms with Crippen LogP contribution < -0.4 is 11.1 Å². The monoisotopic (exact) mass is 244 g/mol. The summed E-state index contributed by atoms with van der Waals surface area (Å²) in [6.07, 6.45) is 0.0207. The molecule has 0 saturated carbocycles. The molecule has 0 radical (unpaired) electrons. The van der Waals surface area contributed by atoms with Gasteiger partial charge in [-0.15, -0.1) is 0 Å². The zero-order chi connectivity index (χ0) is 13.6. The summed E-state index contributed by atoms with van der Waals surface area (Å²) >= 11 is 0. The fourth-order valence-electron chi connectivity index (χ4n) is 1.53. The number of aliphatic hydroxyl groups excluding tert-OH is 1. The summed E-state index contributed by atoms with van der Waals surface area (Å²) in [7, 11) is 0. The van der Waals surface area contributed by atoms with Crippen molar-refractivity contribution in [3.8, 4) is 0 Å². The fourth-order valence-corrected chi connectivity index (χ4v) is 1.53. The number of amides is 2. The van der Waals surface area contributed by atoms with E-state index in [1.54, 1.807) is 0 Å². The Kier molecular flexibility index (Phi) is 6.80. The second-order valence-electron chi connectivity index (χ2n) is 4.92. The van der Waals surface area contributed by atoms with Crippen LogP contribution in [0.5, 0.6) is 0 Å². The predicted octanol–water partition coefficient (Wildman–Crippen LogP) is 0.410. The van der Waals surface area contributed by atoms with Crippen molar-refractivity contribution >= 4 is 11.8 Å². The summed E-state index contributed by atoms with van der Waals surface area (Å²) in [5.74, 6) is -0.915. The molecule has 0 saturated heterocycles. The molecule has 0 bridgehead atoms. The van der Waals surface area contributed by atoms with Gasteiger partial charge in [-0.25, -0.2) is 0 Å². The first-order chi connectivity index (χ1) is 7.79. The smallest absolute Gasteiger partial charge is 0.249 e. The summed E-state index contributed by atoms with van der Waals surface area (Å²) < 4.78 is 0. The molecular formula is C12H24N2O3. The van der Waals surface area contributed by atoms with Crippen LogP contribution in [-0.2, 0) is 9.59 Å². The first-order valence-corrected chi connectivity index (χ1v) is 6.07. The Morgan fingerprint density at radius 1 is 1.29 bits per heavy atom. The second kappa shape index (κ2) is 7.27. The van der Waals surface area contributed by atoms with Crippen LogP contribution in [0.25, 0.3) is 0 Å². The van der Waals surface area contributed by atoms with Gasteiger partial charge in [-0.2, -0.15) is 0 Å². The lowest BCUT2D eigenvalue weighted by molar-refractivity contribution is -0.134. The van der Waals surface area contributed by atoms with Gasteiger partial charge in [0, 0.05) is 0 Å². The number of carbonyl (C=O) groups excluding carboxylic acids is 2. The fraction of sp³-hybridized carbons (Fsp3) is 0.833. The quantitative estimate of drug-likeness (QED) is 0.605. The Bertz CT molecular complexity index is 266. The normalized spacial score (nSPS) is 16.4. The number of carbonyl (C=O) groups is 2. The summed E-state index contributed by atoms with van der Waals surface area (Å²) in [6.45, 7) is 7.58. The largest absolute Gasteiger partial charge is 0.383 e. The molecule has 0 aromatic rings. The first-order valence-electron chi connectivity index (χ1n) is 6.07. The van der Waals surface area contributed by atoms with E-state index in [2.05, 4.69) is 5.32 Å². The highest BCUT2D eigenvalue weighted by atomic mass is 16.3. The van der Waals surface area contributed by atoms with Crippen molar-refractivity contribution < 1.29 is 14.7 Å². The molecule has 17 heavy (non-hydrogen) atoms. The van der Waals surface area contributed by atoms with E-state index in [4.69, 9.17) is 5.73 Å². The van der Waals surface area contributed by atoms with E-state index in [0.717, 1.165) is 6.42 Å². The lowest BCUT2D eigenvalue weighted by Gasteiger charge is -2.23. The van der Waals surface area contributed by atoms with Crippen molar-refractivity contribution in [1.82, 2.24) is 5.32 Å². The van der Waals surface area contributed by atoms with Crippen LogP contribution in [0.3, 0.4) is 0 Å². The Labute approximate surface area is 103 Å². The van der Waals surface area contributed by atoms with Gasteiger partial charge in [-0.3, -0.25) is 9.59 Å². The number of nitrogens with two attached hydrogens (primary N) is 1.